The van der Waals surface area contributed by atoms with Crippen LogP contribution in [0.3, 0.4) is 0 Å². The van der Waals surface area contributed by atoms with Crippen LogP contribution in [0.25, 0.3) is 6.08 Å². The van der Waals surface area contributed by atoms with E-state index in [0.29, 0.717) is 22.0 Å². The third-order valence-corrected chi connectivity index (χ3v) is 5.77. The molecular weight excluding hydrogens is 456 g/mol. The van der Waals surface area contributed by atoms with Crippen LogP contribution in [0.4, 0.5) is 5.69 Å². The van der Waals surface area contributed by atoms with Crippen molar-refractivity contribution in [2.24, 2.45) is 0 Å². The summed E-state index contributed by atoms with van der Waals surface area (Å²) in [5.41, 5.74) is 0.501. The number of carboxylic acids is 1. The summed E-state index contributed by atoms with van der Waals surface area (Å²) < 4.78 is 10.7. The van der Waals surface area contributed by atoms with Crippen molar-refractivity contribution in [1.82, 2.24) is 4.90 Å². The van der Waals surface area contributed by atoms with Crippen LogP contribution in [0.15, 0.2) is 41.3 Å². The number of nitrogens with one attached hydrogen (secondary N) is 1. The number of nitrogens with zero attached hydrogens (tertiary/aromatic N) is 1. The Kier molecular flexibility index (Phi) is 7.01. The fourth-order valence-electron chi connectivity index (χ4n) is 2.86. The number of phenols is 1. The average Bonchev–Trinajstić information content (AvgIpc) is 3.02. The molecule has 0 bridgehead atoms. The van der Waals surface area contributed by atoms with E-state index in [1.54, 1.807) is 24.3 Å². The van der Waals surface area contributed by atoms with Crippen molar-refractivity contribution in [1.29, 1.82) is 0 Å². The Morgan fingerprint density at radius 2 is 1.88 bits per heavy atom. The standard InChI is InChI=1S/C21H18N2O7S2/c1-29-15-6-3-11(7-16(15)30-2)8-17-19(26)23(21(31)32-17)10-18(25)22-12-4-5-14(24)13(9-12)20(27)28/h3-9,24H,10H2,1-2H3,(H,22,25)(H,27,28). The van der Waals surface area contributed by atoms with Gasteiger partial charge in [0.1, 0.15) is 22.2 Å². The SMILES string of the molecule is COc1ccc(C=C2SC(=S)N(CC(=O)Nc3ccc(O)c(C(=O)O)c3)C2=O)cc1OC. The molecule has 0 saturated carbocycles. The van der Waals surface area contributed by atoms with E-state index in [1.165, 1.54) is 20.3 Å². The number of aromatic hydroxyl groups is 1. The van der Waals surface area contributed by atoms with E-state index < -0.39 is 23.5 Å². The van der Waals surface area contributed by atoms with Gasteiger partial charge in [-0.05, 0) is 42.0 Å². The number of carboxylic acid groups (broad SMARTS) is 1. The zero-order valence-electron chi connectivity index (χ0n) is 16.9. The van der Waals surface area contributed by atoms with E-state index in [4.69, 9.17) is 26.8 Å². The molecule has 1 aliphatic heterocycles. The lowest BCUT2D eigenvalue weighted by Gasteiger charge is -2.14. The van der Waals surface area contributed by atoms with Gasteiger partial charge in [0.05, 0.1) is 19.1 Å². The first-order valence-electron chi connectivity index (χ1n) is 9.07. The zero-order chi connectivity index (χ0) is 23.4. The number of rotatable bonds is 7. The molecule has 0 unspecified atom stereocenters. The first-order chi connectivity index (χ1) is 15.2. The van der Waals surface area contributed by atoms with Crippen molar-refractivity contribution >= 4 is 57.8 Å². The molecule has 0 aromatic heterocycles. The number of thiocarbonyl (C=S) groups is 1. The number of aromatic carboxylic acids is 1. The van der Waals surface area contributed by atoms with Crippen LogP contribution < -0.4 is 14.8 Å². The predicted molar refractivity (Wildman–Crippen MR) is 123 cm³/mol. The minimum Gasteiger partial charge on any atom is -0.507 e. The van der Waals surface area contributed by atoms with Gasteiger partial charge in [0.15, 0.2) is 11.5 Å². The molecule has 166 valence electrons. The zero-order valence-corrected chi connectivity index (χ0v) is 18.6. The Hall–Kier alpha value is -3.57. The van der Waals surface area contributed by atoms with Gasteiger partial charge in [-0.25, -0.2) is 4.79 Å². The molecule has 2 amide bonds. The lowest BCUT2D eigenvalue weighted by Crippen LogP contribution is -2.36. The number of carbonyl (C=O) groups excluding carboxylic acids is 2. The third kappa shape index (κ3) is 5.01. The van der Waals surface area contributed by atoms with Crippen molar-refractivity contribution in [3.05, 3.63) is 52.4 Å². The van der Waals surface area contributed by atoms with Crippen LogP contribution in [0.5, 0.6) is 17.2 Å². The minimum atomic E-state index is -1.34. The normalized spacial score (nSPS) is 14.6. The fourth-order valence-corrected chi connectivity index (χ4v) is 4.11. The lowest BCUT2D eigenvalue weighted by atomic mass is 10.1. The van der Waals surface area contributed by atoms with E-state index in [-0.39, 0.29) is 22.1 Å². The number of amides is 2. The van der Waals surface area contributed by atoms with Gasteiger partial charge in [-0.1, -0.05) is 30.0 Å². The van der Waals surface area contributed by atoms with Gasteiger partial charge < -0.3 is 25.0 Å². The molecule has 2 aromatic carbocycles. The van der Waals surface area contributed by atoms with Crippen molar-refractivity contribution in [3.8, 4) is 17.2 Å². The van der Waals surface area contributed by atoms with E-state index in [0.717, 1.165) is 28.8 Å². The monoisotopic (exact) mass is 474 g/mol. The fraction of sp³-hybridized carbons (Fsp3) is 0.143. The van der Waals surface area contributed by atoms with Gasteiger partial charge in [0, 0.05) is 5.69 Å². The summed E-state index contributed by atoms with van der Waals surface area (Å²) in [6.45, 7) is -0.350. The molecule has 1 saturated heterocycles. The van der Waals surface area contributed by atoms with Crippen molar-refractivity contribution in [2.45, 2.75) is 0 Å². The first kappa shape index (κ1) is 23.1. The maximum Gasteiger partial charge on any atom is 0.339 e. The average molecular weight is 475 g/mol. The summed E-state index contributed by atoms with van der Waals surface area (Å²) in [6, 6.07) is 8.80. The number of hydrogen-bond donors (Lipinski definition) is 3. The Bertz CT molecular complexity index is 1150. The maximum atomic E-state index is 12.8. The molecule has 3 rings (SSSR count). The molecule has 1 heterocycles. The Morgan fingerprint density at radius 3 is 2.53 bits per heavy atom. The van der Waals surface area contributed by atoms with Crippen molar-refractivity contribution in [3.63, 3.8) is 0 Å². The van der Waals surface area contributed by atoms with E-state index >= 15 is 0 Å². The number of thioether (sulfide) groups is 1. The highest BCUT2D eigenvalue weighted by atomic mass is 32.2. The predicted octanol–water partition coefficient (Wildman–Crippen LogP) is 2.95. The molecule has 9 nitrogen and oxygen atoms in total. The summed E-state index contributed by atoms with van der Waals surface area (Å²) in [5, 5.41) is 21.1. The van der Waals surface area contributed by atoms with Crippen LogP contribution in [0.1, 0.15) is 15.9 Å². The first-order valence-corrected chi connectivity index (χ1v) is 10.3. The van der Waals surface area contributed by atoms with Gasteiger partial charge in [0.25, 0.3) is 5.91 Å². The van der Waals surface area contributed by atoms with Crippen molar-refractivity contribution in [2.75, 3.05) is 26.1 Å². The molecule has 11 heteroatoms. The number of methoxy groups -OCH3 is 2. The Labute approximate surface area is 192 Å². The number of anilines is 1. The molecule has 2 aromatic rings. The van der Waals surface area contributed by atoms with Crippen LogP contribution in [0, 0.1) is 0 Å². The van der Waals surface area contributed by atoms with Gasteiger partial charge in [-0.15, -0.1) is 0 Å². The van der Waals surface area contributed by atoms with Gasteiger partial charge in [-0.3, -0.25) is 14.5 Å². The van der Waals surface area contributed by atoms with Crippen LogP contribution in [-0.2, 0) is 9.59 Å². The molecule has 32 heavy (non-hydrogen) atoms. The number of ether oxygens (including phenoxy) is 2. The van der Waals surface area contributed by atoms with Crippen molar-refractivity contribution < 1.29 is 34.1 Å². The third-order valence-electron chi connectivity index (χ3n) is 4.39. The molecule has 3 N–H and O–H groups in total. The molecule has 0 aliphatic carbocycles. The molecule has 0 radical (unpaired) electrons. The molecule has 0 spiro atoms. The largest absolute Gasteiger partial charge is 0.507 e. The Morgan fingerprint density at radius 1 is 1.16 bits per heavy atom. The van der Waals surface area contributed by atoms with Gasteiger partial charge in [0.2, 0.25) is 5.91 Å². The molecule has 0 atom stereocenters. The highest BCUT2D eigenvalue weighted by molar-refractivity contribution is 8.26. The van der Waals surface area contributed by atoms with Crippen LogP contribution in [-0.4, -0.2) is 58.0 Å². The lowest BCUT2D eigenvalue weighted by molar-refractivity contribution is -0.126. The number of benzene rings is 2. The second-order valence-electron chi connectivity index (χ2n) is 6.47. The van der Waals surface area contributed by atoms with Crippen LogP contribution >= 0.6 is 24.0 Å². The summed E-state index contributed by atoms with van der Waals surface area (Å²) in [6.07, 6.45) is 1.64. The smallest absolute Gasteiger partial charge is 0.339 e. The topological polar surface area (TPSA) is 125 Å². The van der Waals surface area contributed by atoms with Gasteiger partial charge in [-0.2, -0.15) is 0 Å². The summed E-state index contributed by atoms with van der Waals surface area (Å²) in [4.78, 5) is 37.8. The summed E-state index contributed by atoms with van der Waals surface area (Å²) >= 11 is 6.31. The minimum absolute atomic E-state index is 0.163. The summed E-state index contributed by atoms with van der Waals surface area (Å²) in [7, 11) is 3.03. The Balaban J connectivity index is 1.72. The second-order valence-corrected chi connectivity index (χ2v) is 8.14. The highest BCUT2D eigenvalue weighted by Crippen LogP contribution is 2.34. The highest BCUT2D eigenvalue weighted by Gasteiger charge is 2.33. The second kappa shape index (κ2) is 9.71. The van der Waals surface area contributed by atoms with E-state index in [9.17, 15) is 19.5 Å². The van der Waals surface area contributed by atoms with Crippen LogP contribution in [0.2, 0.25) is 0 Å². The summed E-state index contributed by atoms with van der Waals surface area (Å²) in [5.74, 6) is -1.71. The molecular formula is C21H18N2O7S2. The molecule has 1 fully saturated rings. The van der Waals surface area contributed by atoms with E-state index in [1.807, 2.05) is 0 Å². The van der Waals surface area contributed by atoms with E-state index in [2.05, 4.69) is 5.32 Å². The van der Waals surface area contributed by atoms with Gasteiger partial charge >= 0.3 is 5.97 Å². The number of carbonyl (C=O) groups is 3. The number of hydrogen-bond acceptors (Lipinski definition) is 8. The quantitative estimate of drug-likeness (QED) is 0.315. The maximum absolute atomic E-state index is 12.8. The molecule has 1 aliphatic rings.